The van der Waals surface area contributed by atoms with Crippen LogP contribution < -0.4 is 10.6 Å². The van der Waals surface area contributed by atoms with Crippen molar-refractivity contribution in [1.82, 2.24) is 20.1 Å². The van der Waals surface area contributed by atoms with Crippen LogP contribution in [-0.2, 0) is 17.9 Å². The molecule has 0 unspecified atom stereocenters. The fourth-order valence-electron chi connectivity index (χ4n) is 3.28. The van der Waals surface area contributed by atoms with Gasteiger partial charge in [-0.3, -0.25) is 9.59 Å². The first-order valence-electron chi connectivity index (χ1n) is 10.8. The molecule has 9 heteroatoms. The molecule has 2 N–H and O–H groups in total. The third kappa shape index (κ3) is 6.80. The van der Waals surface area contributed by atoms with Gasteiger partial charge in [0, 0.05) is 21.4 Å². The Hall–Kier alpha value is -2.40. The Morgan fingerprint density at radius 3 is 2.52 bits per heavy atom. The smallest absolute Gasteiger partial charge is 0.251 e. The van der Waals surface area contributed by atoms with Gasteiger partial charge >= 0.3 is 0 Å². The Balaban J connectivity index is 1.59. The second kappa shape index (κ2) is 11.6. The van der Waals surface area contributed by atoms with Gasteiger partial charge < -0.3 is 15.2 Å². The van der Waals surface area contributed by atoms with Crippen molar-refractivity contribution in [3.63, 3.8) is 0 Å². The zero-order valence-corrected chi connectivity index (χ0v) is 22.2. The number of carbonyl (C=O) groups excluding carboxylic acids is 2. The van der Waals surface area contributed by atoms with Crippen molar-refractivity contribution < 1.29 is 9.59 Å². The number of nitrogens with zero attached hydrogens (tertiary/aromatic N) is 3. The fraction of sp³-hybridized carbons (Fsp3) is 0.333. The number of carbonyl (C=O) groups is 2. The van der Waals surface area contributed by atoms with Crippen LogP contribution in [0.15, 0.2) is 47.6 Å². The number of halogens is 1. The first-order valence-corrected chi connectivity index (χ1v) is 12.8. The minimum Gasteiger partial charge on any atom is -0.345 e. The van der Waals surface area contributed by atoms with E-state index >= 15 is 0 Å². The van der Waals surface area contributed by atoms with Gasteiger partial charge in [-0.1, -0.05) is 43.3 Å². The van der Waals surface area contributed by atoms with Crippen molar-refractivity contribution in [2.45, 2.75) is 51.9 Å². The van der Waals surface area contributed by atoms with Crippen molar-refractivity contribution >= 4 is 51.9 Å². The van der Waals surface area contributed by atoms with Gasteiger partial charge in [-0.15, -0.1) is 10.2 Å². The second-order valence-corrected chi connectivity index (χ2v) is 10.1. The number of nitrogens with one attached hydrogen (secondary N) is 2. The summed E-state index contributed by atoms with van der Waals surface area (Å²) in [6.07, 6.45) is 0. The number of amides is 2. The van der Waals surface area contributed by atoms with E-state index in [2.05, 4.69) is 63.3 Å². The fourth-order valence-corrected chi connectivity index (χ4v) is 4.62. The van der Waals surface area contributed by atoms with E-state index in [4.69, 9.17) is 0 Å². The van der Waals surface area contributed by atoms with Crippen LogP contribution in [0.3, 0.4) is 0 Å². The molecule has 0 bridgehead atoms. The van der Waals surface area contributed by atoms with Gasteiger partial charge in [0.1, 0.15) is 0 Å². The summed E-state index contributed by atoms with van der Waals surface area (Å²) >= 11 is 3.61. The van der Waals surface area contributed by atoms with E-state index in [-0.39, 0.29) is 24.1 Å². The number of thioether (sulfide) groups is 1. The maximum absolute atomic E-state index is 12.6. The maximum atomic E-state index is 12.6. The Morgan fingerprint density at radius 2 is 1.85 bits per heavy atom. The highest BCUT2D eigenvalue weighted by Gasteiger charge is 2.16. The van der Waals surface area contributed by atoms with E-state index in [1.807, 2.05) is 42.7 Å². The van der Waals surface area contributed by atoms with Crippen LogP contribution in [0.1, 0.15) is 54.0 Å². The van der Waals surface area contributed by atoms with Gasteiger partial charge in [0.2, 0.25) is 5.91 Å². The summed E-state index contributed by atoms with van der Waals surface area (Å²) < 4.78 is 3.05. The van der Waals surface area contributed by atoms with E-state index in [9.17, 15) is 9.59 Å². The maximum Gasteiger partial charge on any atom is 0.251 e. The Labute approximate surface area is 212 Å². The highest BCUT2D eigenvalue weighted by Crippen LogP contribution is 2.27. The lowest BCUT2D eigenvalue weighted by atomic mass is 10.0. The molecule has 0 radical (unpaired) electrons. The average molecular weight is 577 g/mol. The summed E-state index contributed by atoms with van der Waals surface area (Å²) in [7, 11) is 0. The molecule has 3 aromatic rings. The number of anilines is 1. The Morgan fingerprint density at radius 1 is 1.12 bits per heavy atom. The molecule has 7 nitrogen and oxygen atoms in total. The summed E-state index contributed by atoms with van der Waals surface area (Å²) in [5, 5.41) is 15.0. The summed E-state index contributed by atoms with van der Waals surface area (Å²) in [6, 6.07) is 13.4. The standard InChI is InChI=1S/C24H28IN5O2S/c1-5-30-21(13-26-23(32)17-8-6-16(4)7-9-17)28-29-24(30)33-14-22(31)27-20-11-10-18(25)12-19(20)15(2)3/h6-12,15H,5,13-14H2,1-4H3,(H,26,32)(H,27,31). The van der Waals surface area contributed by atoms with E-state index < -0.39 is 0 Å². The molecule has 0 aliphatic heterocycles. The molecule has 0 aliphatic rings. The van der Waals surface area contributed by atoms with E-state index in [1.54, 1.807) is 12.1 Å². The van der Waals surface area contributed by atoms with Crippen LogP contribution in [0.2, 0.25) is 0 Å². The second-order valence-electron chi connectivity index (χ2n) is 7.91. The normalized spacial score (nSPS) is 11.0. The Bertz CT molecular complexity index is 1130. The molecule has 174 valence electrons. The van der Waals surface area contributed by atoms with Gasteiger partial charge in [-0.25, -0.2) is 0 Å². The minimum atomic E-state index is -0.160. The van der Waals surface area contributed by atoms with Gasteiger partial charge in [0.05, 0.1) is 12.3 Å². The largest absolute Gasteiger partial charge is 0.345 e. The number of aromatic nitrogens is 3. The number of benzene rings is 2. The molecule has 1 heterocycles. The van der Waals surface area contributed by atoms with Crippen LogP contribution in [-0.4, -0.2) is 32.3 Å². The zero-order chi connectivity index (χ0) is 24.0. The molecule has 0 spiro atoms. The van der Waals surface area contributed by atoms with Gasteiger partial charge in [0.15, 0.2) is 11.0 Å². The summed E-state index contributed by atoms with van der Waals surface area (Å²) in [5.41, 5.74) is 3.66. The average Bonchev–Trinajstić information content (AvgIpc) is 3.19. The third-order valence-electron chi connectivity index (χ3n) is 5.07. The van der Waals surface area contributed by atoms with Crippen LogP contribution in [0.4, 0.5) is 5.69 Å². The molecule has 2 amide bonds. The monoisotopic (exact) mass is 577 g/mol. The number of hydrogen-bond acceptors (Lipinski definition) is 5. The van der Waals surface area contributed by atoms with Crippen LogP contribution >= 0.6 is 34.4 Å². The lowest BCUT2D eigenvalue weighted by molar-refractivity contribution is -0.113. The van der Waals surface area contributed by atoms with Gasteiger partial charge in [-0.2, -0.15) is 0 Å². The van der Waals surface area contributed by atoms with Gasteiger partial charge in [-0.05, 0) is 78.3 Å². The molecule has 0 fully saturated rings. The van der Waals surface area contributed by atoms with Crippen molar-refractivity contribution in [3.05, 3.63) is 68.5 Å². The first kappa shape index (κ1) is 25.2. The van der Waals surface area contributed by atoms with Crippen molar-refractivity contribution in [2.75, 3.05) is 11.1 Å². The van der Waals surface area contributed by atoms with E-state index in [0.717, 1.165) is 20.4 Å². The predicted octanol–water partition coefficient (Wildman–Crippen LogP) is 5.00. The number of hydrogen-bond donors (Lipinski definition) is 2. The summed E-state index contributed by atoms with van der Waals surface area (Å²) in [4.78, 5) is 25.0. The van der Waals surface area contributed by atoms with Crippen molar-refractivity contribution in [3.8, 4) is 0 Å². The molecule has 1 aromatic heterocycles. The zero-order valence-electron chi connectivity index (χ0n) is 19.2. The summed E-state index contributed by atoms with van der Waals surface area (Å²) in [5.74, 6) is 0.928. The molecular formula is C24H28IN5O2S. The number of rotatable bonds is 9. The molecule has 0 saturated carbocycles. The molecule has 0 aliphatic carbocycles. The number of aryl methyl sites for hydroxylation is 1. The topological polar surface area (TPSA) is 88.9 Å². The van der Waals surface area contributed by atoms with Gasteiger partial charge in [0.25, 0.3) is 5.91 Å². The lowest BCUT2D eigenvalue weighted by Crippen LogP contribution is -2.24. The highest BCUT2D eigenvalue weighted by molar-refractivity contribution is 14.1. The Kier molecular flexibility index (Phi) is 8.90. The quantitative estimate of drug-likeness (QED) is 0.276. The highest BCUT2D eigenvalue weighted by atomic mass is 127. The molecule has 3 rings (SSSR count). The van der Waals surface area contributed by atoms with Crippen LogP contribution in [0.5, 0.6) is 0 Å². The lowest BCUT2D eigenvalue weighted by Gasteiger charge is -2.14. The van der Waals surface area contributed by atoms with Crippen molar-refractivity contribution in [2.24, 2.45) is 0 Å². The molecule has 2 aromatic carbocycles. The minimum absolute atomic E-state index is 0.0945. The van der Waals surface area contributed by atoms with E-state index in [1.165, 1.54) is 11.8 Å². The van der Waals surface area contributed by atoms with Crippen LogP contribution in [0.25, 0.3) is 0 Å². The van der Waals surface area contributed by atoms with E-state index in [0.29, 0.717) is 29.0 Å². The third-order valence-corrected chi connectivity index (χ3v) is 6.71. The molecular weight excluding hydrogens is 549 g/mol. The SMILES string of the molecule is CCn1c(CNC(=O)c2ccc(C)cc2)nnc1SCC(=O)Nc1ccc(I)cc1C(C)C. The molecule has 0 atom stereocenters. The molecule has 33 heavy (non-hydrogen) atoms. The molecule has 0 saturated heterocycles. The van der Waals surface area contributed by atoms with Crippen molar-refractivity contribution in [1.29, 1.82) is 0 Å². The summed E-state index contributed by atoms with van der Waals surface area (Å²) in [6.45, 7) is 9.09. The first-order chi connectivity index (χ1) is 15.8. The van der Waals surface area contributed by atoms with Crippen LogP contribution in [0, 0.1) is 10.5 Å². The predicted molar refractivity (Wildman–Crippen MR) is 141 cm³/mol.